The van der Waals surface area contributed by atoms with Crippen molar-refractivity contribution in [3.8, 4) is 5.75 Å². The van der Waals surface area contributed by atoms with Crippen LogP contribution in [0.2, 0.25) is 0 Å². The van der Waals surface area contributed by atoms with Gasteiger partial charge in [0.1, 0.15) is 11.6 Å². The van der Waals surface area contributed by atoms with E-state index in [-0.39, 0.29) is 11.7 Å². The van der Waals surface area contributed by atoms with Gasteiger partial charge in [0.05, 0.1) is 25.7 Å². The summed E-state index contributed by atoms with van der Waals surface area (Å²) in [6.07, 6.45) is 0. The Hall–Kier alpha value is -3.26. The number of morpholine rings is 1. The largest absolute Gasteiger partial charge is 0.497 e. The number of amides is 1. The summed E-state index contributed by atoms with van der Waals surface area (Å²) < 4.78 is 10.7. The second-order valence-corrected chi connectivity index (χ2v) is 7.28. The maximum atomic E-state index is 12.9. The molecule has 30 heavy (non-hydrogen) atoms. The van der Waals surface area contributed by atoms with Crippen LogP contribution in [0.15, 0.2) is 30.3 Å². The summed E-state index contributed by atoms with van der Waals surface area (Å²) in [5, 5.41) is 3.78. The van der Waals surface area contributed by atoms with Gasteiger partial charge in [-0.2, -0.15) is 0 Å². The number of carbonyl (C=O) groups excluding carboxylic acids is 1. The third-order valence-electron chi connectivity index (χ3n) is 5.07. The summed E-state index contributed by atoms with van der Waals surface area (Å²) in [5.74, 6) is 1.26. The number of ether oxygens (including phenoxy) is 2. The molecule has 1 aliphatic heterocycles. The van der Waals surface area contributed by atoms with Crippen LogP contribution in [-0.2, 0) is 11.3 Å². The SMILES string of the molecule is COc1cccc(CNC(=O)c2nc(N3CCOCC3)c3c(C)cc(C)nc3n2)c1. The lowest BCUT2D eigenvalue weighted by molar-refractivity contribution is 0.0940. The maximum Gasteiger partial charge on any atom is 0.289 e. The molecule has 4 rings (SSSR count). The lowest BCUT2D eigenvalue weighted by Crippen LogP contribution is -2.37. The Morgan fingerprint density at radius 3 is 2.73 bits per heavy atom. The number of benzene rings is 1. The topological polar surface area (TPSA) is 89.5 Å². The van der Waals surface area contributed by atoms with Crippen molar-refractivity contribution in [2.45, 2.75) is 20.4 Å². The third-order valence-corrected chi connectivity index (χ3v) is 5.07. The first-order valence-electron chi connectivity index (χ1n) is 9.95. The minimum atomic E-state index is -0.338. The summed E-state index contributed by atoms with van der Waals surface area (Å²) in [7, 11) is 1.62. The van der Waals surface area contributed by atoms with Gasteiger partial charge in [-0.1, -0.05) is 12.1 Å². The fourth-order valence-corrected chi connectivity index (χ4v) is 3.61. The Labute approximate surface area is 175 Å². The number of nitrogens with zero attached hydrogens (tertiary/aromatic N) is 4. The molecule has 156 valence electrons. The van der Waals surface area contributed by atoms with Crippen LogP contribution >= 0.6 is 0 Å². The first-order valence-corrected chi connectivity index (χ1v) is 9.95. The Bertz CT molecular complexity index is 1080. The van der Waals surface area contributed by atoms with Gasteiger partial charge >= 0.3 is 0 Å². The van der Waals surface area contributed by atoms with Gasteiger partial charge in [0.2, 0.25) is 5.82 Å². The number of pyridine rings is 1. The molecule has 1 saturated heterocycles. The maximum absolute atomic E-state index is 12.9. The molecule has 3 heterocycles. The number of aromatic nitrogens is 3. The van der Waals surface area contributed by atoms with E-state index in [1.165, 1.54) is 0 Å². The summed E-state index contributed by atoms with van der Waals surface area (Å²) in [4.78, 5) is 28.7. The van der Waals surface area contributed by atoms with E-state index in [1.807, 2.05) is 44.2 Å². The van der Waals surface area contributed by atoms with Gasteiger partial charge in [-0.25, -0.2) is 15.0 Å². The van der Waals surface area contributed by atoms with Crippen LogP contribution in [0, 0.1) is 13.8 Å². The van der Waals surface area contributed by atoms with Gasteiger partial charge in [-0.3, -0.25) is 4.79 Å². The van der Waals surface area contributed by atoms with Crippen LogP contribution in [0.3, 0.4) is 0 Å². The van der Waals surface area contributed by atoms with Crippen molar-refractivity contribution in [2.24, 2.45) is 0 Å². The number of hydrogen-bond donors (Lipinski definition) is 1. The van der Waals surface area contributed by atoms with Crippen molar-refractivity contribution >= 4 is 22.8 Å². The number of nitrogens with one attached hydrogen (secondary N) is 1. The van der Waals surface area contributed by atoms with E-state index < -0.39 is 0 Å². The molecular weight excluding hydrogens is 382 g/mol. The zero-order valence-electron chi connectivity index (χ0n) is 17.4. The van der Waals surface area contributed by atoms with Gasteiger partial charge in [0, 0.05) is 25.3 Å². The van der Waals surface area contributed by atoms with E-state index in [4.69, 9.17) is 9.47 Å². The smallest absolute Gasteiger partial charge is 0.289 e. The number of fused-ring (bicyclic) bond motifs is 1. The van der Waals surface area contributed by atoms with E-state index in [0.29, 0.717) is 38.5 Å². The minimum Gasteiger partial charge on any atom is -0.497 e. The predicted molar refractivity (Wildman–Crippen MR) is 114 cm³/mol. The van der Waals surface area contributed by atoms with E-state index in [9.17, 15) is 4.79 Å². The Morgan fingerprint density at radius 2 is 1.97 bits per heavy atom. The van der Waals surface area contributed by atoms with Crippen molar-refractivity contribution in [3.05, 3.63) is 53.0 Å². The number of methoxy groups -OCH3 is 1. The Balaban J connectivity index is 1.66. The molecule has 1 aromatic carbocycles. The highest BCUT2D eigenvalue weighted by molar-refractivity contribution is 5.96. The van der Waals surface area contributed by atoms with Crippen molar-refractivity contribution < 1.29 is 14.3 Å². The van der Waals surface area contributed by atoms with E-state index in [2.05, 4.69) is 25.2 Å². The molecule has 0 aliphatic carbocycles. The molecule has 0 atom stereocenters. The van der Waals surface area contributed by atoms with E-state index in [1.54, 1.807) is 7.11 Å². The second kappa shape index (κ2) is 8.62. The number of anilines is 1. The van der Waals surface area contributed by atoms with E-state index >= 15 is 0 Å². The highest BCUT2D eigenvalue weighted by Gasteiger charge is 2.22. The predicted octanol–water partition coefficient (Wildman–Crippen LogP) is 2.42. The minimum absolute atomic E-state index is 0.115. The molecule has 1 aliphatic rings. The average molecular weight is 407 g/mol. The lowest BCUT2D eigenvalue weighted by Gasteiger charge is -2.29. The molecule has 8 nitrogen and oxygen atoms in total. The van der Waals surface area contributed by atoms with E-state index in [0.717, 1.165) is 33.8 Å². The molecule has 2 aromatic heterocycles. The lowest BCUT2D eigenvalue weighted by atomic mass is 10.1. The molecule has 1 amide bonds. The number of rotatable bonds is 5. The van der Waals surface area contributed by atoms with Crippen molar-refractivity contribution in [1.29, 1.82) is 0 Å². The molecule has 0 saturated carbocycles. The van der Waals surface area contributed by atoms with Gasteiger partial charge < -0.3 is 19.7 Å². The molecular formula is C22H25N5O3. The molecule has 1 N–H and O–H groups in total. The normalized spacial score (nSPS) is 14.0. The molecule has 0 radical (unpaired) electrons. The summed E-state index contributed by atoms with van der Waals surface area (Å²) >= 11 is 0. The van der Waals surface area contributed by atoms with Crippen LogP contribution in [0.5, 0.6) is 5.75 Å². The molecule has 3 aromatic rings. The van der Waals surface area contributed by atoms with Crippen LogP contribution < -0.4 is 15.0 Å². The summed E-state index contributed by atoms with van der Waals surface area (Å²) in [6.45, 7) is 6.97. The van der Waals surface area contributed by atoms with Gasteiger partial charge in [0.25, 0.3) is 5.91 Å². The molecule has 8 heteroatoms. The zero-order valence-corrected chi connectivity index (χ0v) is 17.4. The van der Waals surface area contributed by atoms with Gasteiger partial charge in [0.15, 0.2) is 5.65 Å². The van der Waals surface area contributed by atoms with Gasteiger partial charge in [-0.15, -0.1) is 0 Å². The second-order valence-electron chi connectivity index (χ2n) is 7.28. The fourth-order valence-electron chi connectivity index (χ4n) is 3.61. The third kappa shape index (κ3) is 4.18. The number of carbonyl (C=O) groups is 1. The molecule has 0 unspecified atom stereocenters. The van der Waals surface area contributed by atoms with Gasteiger partial charge in [-0.05, 0) is 43.2 Å². The summed E-state index contributed by atoms with van der Waals surface area (Å²) in [6, 6.07) is 9.58. The quantitative estimate of drug-likeness (QED) is 0.695. The van der Waals surface area contributed by atoms with Crippen LogP contribution in [0.25, 0.3) is 11.0 Å². The van der Waals surface area contributed by atoms with Crippen molar-refractivity contribution in [3.63, 3.8) is 0 Å². The first kappa shape index (κ1) is 20.0. The molecule has 0 bridgehead atoms. The molecule has 1 fully saturated rings. The fraction of sp³-hybridized carbons (Fsp3) is 0.364. The van der Waals surface area contributed by atoms with Crippen molar-refractivity contribution in [2.75, 3.05) is 38.3 Å². The Morgan fingerprint density at radius 1 is 1.17 bits per heavy atom. The number of hydrogen-bond acceptors (Lipinski definition) is 7. The first-order chi connectivity index (χ1) is 14.5. The van der Waals surface area contributed by atoms with Crippen molar-refractivity contribution in [1.82, 2.24) is 20.3 Å². The Kier molecular flexibility index (Phi) is 5.76. The van der Waals surface area contributed by atoms with Crippen LogP contribution in [0.1, 0.15) is 27.4 Å². The highest BCUT2D eigenvalue weighted by atomic mass is 16.5. The monoisotopic (exact) mass is 407 g/mol. The standard InChI is InChI=1S/C22H25N5O3/c1-14-11-15(2)24-19-18(14)21(27-7-9-30-10-8-27)26-20(25-19)22(28)23-13-16-5-4-6-17(12-16)29-3/h4-6,11-12H,7-10,13H2,1-3H3,(H,23,28). The summed E-state index contributed by atoms with van der Waals surface area (Å²) in [5.41, 5.74) is 3.37. The van der Waals surface area contributed by atoms with Crippen LogP contribution in [0.4, 0.5) is 5.82 Å². The zero-order chi connectivity index (χ0) is 21.1. The number of aryl methyl sites for hydroxylation is 2. The van der Waals surface area contributed by atoms with Crippen LogP contribution in [-0.4, -0.2) is 54.3 Å². The average Bonchev–Trinajstić information content (AvgIpc) is 2.77. The highest BCUT2D eigenvalue weighted by Crippen LogP contribution is 2.27. The molecule has 0 spiro atoms.